The number of H-pyrrole nitrogens is 1. The van der Waals surface area contributed by atoms with Gasteiger partial charge in [-0.05, 0) is 31.5 Å². The van der Waals surface area contributed by atoms with E-state index in [1.807, 2.05) is 38.1 Å². The number of hydrogen-bond acceptors (Lipinski definition) is 7. The van der Waals surface area contributed by atoms with Gasteiger partial charge in [-0.25, -0.2) is 15.0 Å². The quantitative estimate of drug-likeness (QED) is 0.451. The van der Waals surface area contributed by atoms with Crippen LogP contribution in [0.5, 0.6) is 17.2 Å². The van der Waals surface area contributed by atoms with E-state index in [4.69, 9.17) is 9.47 Å². The zero-order valence-corrected chi connectivity index (χ0v) is 16.3. The Morgan fingerprint density at radius 3 is 2.69 bits per heavy atom. The van der Waals surface area contributed by atoms with Gasteiger partial charge < -0.3 is 24.9 Å². The molecule has 148 valence electrons. The molecular weight excluding hydrogens is 370 g/mol. The van der Waals surface area contributed by atoms with E-state index in [0.29, 0.717) is 22.8 Å². The van der Waals surface area contributed by atoms with Gasteiger partial charge in [0.15, 0.2) is 17.6 Å². The number of phenols is 1. The Hall–Kier alpha value is -3.81. The van der Waals surface area contributed by atoms with E-state index in [-0.39, 0.29) is 11.9 Å². The van der Waals surface area contributed by atoms with Gasteiger partial charge in [0.2, 0.25) is 0 Å². The fourth-order valence-corrected chi connectivity index (χ4v) is 2.99. The van der Waals surface area contributed by atoms with E-state index in [2.05, 4.69) is 25.3 Å². The van der Waals surface area contributed by atoms with Crippen LogP contribution in [-0.2, 0) is 0 Å². The van der Waals surface area contributed by atoms with Crippen LogP contribution in [-0.4, -0.2) is 32.2 Å². The highest BCUT2D eigenvalue weighted by molar-refractivity contribution is 5.93. The van der Waals surface area contributed by atoms with E-state index in [1.165, 1.54) is 6.33 Å². The number of imidazole rings is 1. The van der Waals surface area contributed by atoms with Crippen molar-refractivity contribution >= 4 is 22.4 Å². The zero-order chi connectivity index (χ0) is 20.4. The monoisotopic (exact) mass is 391 g/mol. The van der Waals surface area contributed by atoms with Crippen molar-refractivity contribution in [2.24, 2.45) is 0 Å². The van der Waals surface area contributed by atoms with Gasteiger partial charge in [-0.3, -0.25) is 0 Å². The second kappa shape index (κ2) is 7.67. The first-order valence-corrected chi connectivity index (χ1v) is 9.10. The summed E-state index contributed by atoms with van der Waals surface area (Å²) in [5.41, 5.74) is 2.22. The first kappa shape index (κ1) is 18.5. The van der Waals surface area contributed by atoms with Crippen LogP contribution in [0.25, 0.3) is 10.9 Å². The van der Waals surface area contributed by atoms with Crippen molar-refractivity contribution in [3.63, 3.8) is 0 Å². The minimum Gasteiger partial charge on any atom is -0.508 e. The smallest absolute Gasteiger partial charge is 0.164 e. The van der Waals surface area contributed by atoms with Gasteiger partial charge in [-0.1, -0.05) is 6.07 Å². The molecule has 3 N–H and O–H groups in total. The second-order valence-corrected chi connectivity index (χ2v) is 6.60. The Balaban J connectivity index is 1.70. The van der Waals surface area contributed by atoms with E-state index < -0.39 is 0 Å². The number of methoxy groups -OCH3 is 1. The largest absolute Gasteiger partial charge is 0.508 e. The van der Waals surface area contributed by atoms with E-state index >= 15 is 0 Å². The minimum atomic E-state index is -0.286. The number of rotatable bonds is 6. The molecule has 0 saturated heterocycles. The van der Waals surface area contributed by atoms with Crippen LogP contribution in [0.3, 0.4) is 0 Å². The second-order valence-electron chi connectivity index (χ2n) is 6.60. The number of aromatic hydroxyl groups is 1. The predicted molar refractivity (Wildman–Crippen MR) is 110 cm³/mol. The molecule has 0 aliphatic heterocycles. The Labute approximate surface area is 167 Å². The maximum Gasteiger partial charge on any atom is 0.164 e. The van der Waals surface area contributed by atoms with Gasteiger partial charge in [0.1, 0.15) is 23.7 Å². The summed E-state index contributed by atoms with van der Waals surface area (Å²) in [5.74, 6) is 2.65. The van der Waals surface area contributed by atoms with Crippen LogP contribution >= 0.6 is 0 Å². The van der Waals surface area contributed by atoms with E-state index in [1.54, 1.807) is 25.6 Å². The molecular formula is C21H21N5O3. The summed E-state index contributed by atoms with van der Waals surface area (Å²) in [7, 11) is 1.58. The van der Waals surface area contributed by atoms with Crippen LogP contribution in [0.2, 0.25) is 0 Å². The molecule has 2 heterocycles. The summed E-state index contributed by atoms with van der Waals surface area (Å²) in [6.45, 7) is 3.74. The maximum atomic E-state index is 9.96. The van der Waals surface area contributed by atoms with Gasteiger partial charge in [0.05, 0.1) is 12.6 Å². The summed E-state index contributed by atoms with van der Waals surface area (Å²) in [6, 6.07) is 9.01. The molecule has 0 aliphatic rings. The third-order valence-corrected chi connectivity index (χ3v) is 4.60. The molecule has 8 heteroatoms. The fraction of sp³-hybridized carbons (Fsp3) is 0.190. The van der Waals surface area contributed by atoms with Crippen molar-refractivity contribution in [1.29, 1.82) is 0 Å². The highest BCUT2D eigenvalue weighted by Crippen LogP contribution is 2.37. The molecule has 4 rings (SSSR count). The van der Waals surface area contributed by atoms with Crippen molar-refractivity contribution in [2.75, 3.05) is 12.4 Å². The van der Waals surface area contributed by atoms with Crippen LogP contribution in [0, 0.1) is 6.92 Å². The standard InChI is InChI=1S/C21H21N5O3/c1-12-4-5-14(8-17(12)27)26-21-15-9-18(28-3)19(10-16(15)24-11-25-21)29-13(2)20-22-6-7-23-20/h4-11,13,27H,1-3H3,(H,22,23)(H,24,25,26). The number of fused-ring (bicyclic) bond motifs is 1. The SMILES string of the molecule is COc1cc2c(Nc3ccc(C)c(O)c3)ncnc2cc1OC(C)c1ncc[nH]1. The number of phenolic OH excluding ortho intramolecular Hbond substituents is 1. The van der Waals surface area contributed by atoms with Gasteiger partial charge in [0.25, 0.3) is 0 Å². The average Bonchev–Trinajstić information content (AvgIpc) is 3.25. The molecule has 1 atom stereocenters. The van der Waals surface area contributed by atoms with Crippen LogP contribution in [0.1, 0.15) is 24.4 Å². The van der Waals surface area contributed by atoms with Crippen LogP contribution in [0.4, 0.5) is 11.5 Å². The lowest BCUT2D eigenvalue weighted by molar-refractivity contribution is 0.208. The highest BCUT2D eigenvalue weighted by atomic mass is 16.5. The number of aromatic amines is 1. The topological polar surface area (TPSA) is 105 Å². The Bertz CT molecular complexity index is 1140. The molecule has 2 aromatic heterocycles. The molecule has 2 aromatic carbocycles. The highest BCUT2D eigenvalue weighted by Gasteiger charge is 2.16. The molecule has 0 bridgehead atoms. The average molecular weight is 391 g/mol. The molecule has 0 radical (unpaired) electrons. The van der Waals surface area contributed by atoms with Gasteiger partial charge in [-0.2, -0.15) is 0 Å². The Morgan fingerprint density at radius 2 is 1.97 bits per heavy atom. The molecule has 0 amide bonds. The van der Waals surface area contributed by atoms with Crippen molar-refractivity contribution in [1.82, 2.24) is 19.9 Å². The number of nitrogens with zero attached hydrogens (tertiary/aromatic N) is 3. The lowest BCUT2D eigenvalue weighted by Gasteiger charge is -2.17. The number of nitrogens with one attached hydrogen (secondary N) is 2. The fourth-order valence-electron chi connectivity index (χ4n) is 2.99. The summed E-state index contributed by atoms with van der Waals surface area (Å²) < 4.78 is 11.6. The molecule has 4 aromatic rings. The molecule has 29 heavy (non-hydrogen) atoms. The summed E-state index contributed by atoms with van der Waals surface area (Å²) in [4.78, 5) is 16.0. The minimum absolute atomic E-state index is 0.216. The number of aromatic nitrogens is 4. The Morgan fingerprint density at radius 1 is 1.10 bits per heavy atom. The number of hydrogen-bond donors (Lipinski definition) is 3. The van der Waals surface area contributed by atoms with Crippen molar-refractivity contribution < 1.29 is 14.6 Å². The van der Waals surface area contributed by atoms with E-state index in [0.717, 1.165) is 22.5 Å². The third-order valence-electron chi connectivity index (χ3n) is 4.60. The molecule has 0 fully saturated rings. The molecule has 8 nitrogen and oxygen atoms in total. The number of ether oxygens (including phenoxy) is 2. The van der Waals surface area contributed by atoms with Crippen LogP contribution < -0.4 is 14.8 Å². The number of aryl methyl sites for hydroxylation is 1. The summed E-state index contributed by atoms with van der Waals surface area (Å²) in [5, 5.41) is 13.9. The van der Waals surface area contributed by atoms with E-state index in [9.17, 15) is 5.11 Å². The zero-order valence-electron chi connectivity index (χ0n) is 16.3. The van der Waals surface area contributed by atoms with Crippen molar-refractivity contribution in [3.05, 3.63) is 60.4 Å². The van der Waals surface area contributed by atoms with Gasteiger partial charge in [-0.15, -0.1) is 0 Å². The summed E-state index contributed by atoms with van der Waals surface area (Å²) in [6.07, 6.45) is 4.62. The molecule has 0 saturated carbocycles. The van der Waals surface area contributed by atoms with Crippen LogP contribution in [0.15, 0.2) is 49.1 Å². The predicted octanol–water partition coefficient (Wildman–Crippen LogP) is 4.26. The lowest BCUT2D eigenvalue weighted by Crippen LogP contribution is -2.06. The maximum absolute atomic E-state index is 9.96. The lowest BCUT2D eigenvalue weighted by atomic mass is 10.2. The van der Waals surface area contributed by atoms with Crippen molar-refractivity contribution in [3.8, 4) is 17.2 Å². The summed E-state index contributed by atoms with van der Waals surface area (Å²) >= 11 is 0. The first-order chi connectivity index (χ1) is 14.0. The number of anilines is 2. The Kier molecular flexibility index (Phi) is 4.90. The number of benzene rings is 2. The molecule has 0 spiro atoms. The van der Waals surface area contributed by atoms with Gasteiger partial charge in [0, 0.05) is 35.6 Å². The molecule has 1 unspecified atom stereocenters. The first-order valence-electron chi connectivity index (χ1n) is 9.10. The normalized spacial score (nSPS) is 12.0. The van der Waals surface area contributed by atoms with Gasteiger partial charge >= 0.3 is 0 Å². The van der Waals surface area contributed by atoms with Crippen molar-refractivity contribution in [2.45, 2.75) is 20.0 Å². The molecule has 0 aliphatic carbocycles. The third kappa shape index (κ3) is 3.77.